The third-order valence-electron chi connectivity index (χ3n) is 5.97. The molecule has 0 aliphatic rings. The van der Waals surface area contributed by atoms with Crippen LogP contribution >= 0.6 is 27.5 Å². The van der Waals surface area contributed by atoms with Crippen LogP contribution in [0.15, 0.2) is 116 Å². The number of hydrogen-bond donors (Lipinski definition) is 0. The summed E-state index contributed by atoms with van der Waals surface area (Å²) in [4.78, 5) is 18.3. The molecule has 0 atom stereocenters. The summed E-state index contributed by atoms with van der Waals surface area (Å²) in [5.74, 6) is 1.29. The first-order chi connectivity index (χ1) is 18.5. The Balaban J connectivity index is 1.45. The van der Waals surface area contributed by atoms with Crippen LogP contribution in [0.4, 0.5) is 0 Å². The molecule has 6 rings (SSSR count). The van der Waals surface area contributed by atoms with Crippen molar-refractivity contribution in [3.63, 3.8) is 0 Å². The fourth-order valence-electron chi connectivity index (χ4n) is 4.12. The number of benzene rings is 4. The molecule has 8 heteroatoms. The van der Waals surface area contributed by atoms with Crippen LogP contribution in [0.3, 0.4) is 0 Å². The molecule has 0 aliphatic heterocycles. The molecule has 0 spiro atoms. The molecule has 2 aromatic heterocycles. The number of halogens is 2. The van der Waals surface area contributed by atoms with Gasteiger partial charge in [-0.15, -0.1) is 0 Å². The first-order valence-corrected chi connectivity index (χ1v) is 12.9. The molecule has 0 saturated carbocycles. The van der Waals surface area contributed by atoms with Gasteiger partial charge >= 0.3 is 0 Å². The fourth-order valence-corrected chi connectivity index (χ4v) is 4.68. The van der Waals surface area contributed by atoms with Crippen molar-refractivity contribution in [3.8, 4) is 17.3 Å². The van der Waals surface area contributed by atoms with Gasteiger partial charge in [-0.1, -0.05) is 70.0 Å². The van der Waals surface area contributed by atoms with Gasteiger partial charge in [-0.25, -0.2) is 4.98 Å². The molecule has 0 bridgehead atoms. The first-order valence-electron chi connectivity index (χ1n) is 11.8. The maximum Gasteiger partial charge on any atom is 0.282 e. The average molecular weight is 585 g/mol. The van der Waals surface area contributed by atoms with Crippen LogP contribution in [0.5, 0.6) is 5.75 Å². The molecule has 0 amide bonds. The van der Waals surface area contributed by atoms with Crippen molar-refractivity contribution in [1.29, 1.82) is 0 Å². The minimum absolute atomic E-state index is 0.283. The summed E-state index contributed by atoms with van der Waals surface area (Å²) >= 11 is 9.78. The van der Waals surface area contributed by atoms with E-state index in [9.17, 15) is 4.79 Å². The van der Waals surface area contributed by atoms with Crippen LogP contribution in [-0.2, 0) is 6.61 Å². The number of para-hydroxylation sites is 1. The average Bonchev–Trinajstić information content (AvgIpc) is 3.35. The lowest BCUT2D eigenvalue weighted by Crippen LogP contribution is -2.20. The second kappa shape index (κ2) is 10.3. The summed E-state index contributed by atoms with van der Waals surface area (Å²) in [5, 5.41) is 6.39. The lowest BCUT2D eigenvalue weighted by atomic mass is 10.2. The summed E-state index contributed by atoms with van der Waals surface area (Å²) in [7, 11) is 0. The molecule has 6 aromatic rings. The zero-order valence-electron chi connectivity index (χ0n) is 19.8. The molecule has 0 fully saturated rings. The lowest BCUT2D eigenvalue weighted by molar-refractivity contribution is 0.306. The highest BCUT2D eigenvalue weighted by Gasteiger charge is 2.17. The highest BCUT2D eigenvalue weighted by Crippen LogP contribution is 2.29. The second-order valence-electron chi connectivity index (χ2n) is 8.56. The fraction of sp³-hybridized carbons (Fsp3) is 0.0333. The maximum absolute atomic E-state index is 13.6. The molecule has 0 radical (unpaired) electrons. The zero-order valence-corrected chi connectivity index (χ0v) is 22.2. The first kappa shape index (κ1) is 24.2. The van der Waals surface area contributed by atoms with Crippen LogP contribution in [0.1, 0.15) is 11.1 Å². The van der Waals surface area contributed by atoms with E-state index in [1.54, 1.807) is 42.6 Å². The predicted octanol–water partition coefficient (Wildman–Crippen LogP) is 7.69. The smallest absolute Gasteiger partial charge is 0.282 e. The topological polar surface area (TPSA) is 69.6 Å². The predicted molar refractivity (Wildman–Crippen MR) is 154 cm³/mol. The maximum atomic E-state index is 13.6. The molecular formula is C30H19BrClN3O3. The van der Waals surface area contributed by atoms with Crippen molar-refractivity contribution in [2.45, 2.75) is 6.61 Å². The molecule has 0 saturated heterocycles. The standard InChI is InChI=1S/C30H19BrClN3O3/c31-22-10-12-27-20(14-22)16-28(38-27)29-34-25-9-5-4-8-24(25)30(36)35(29)33-17-21-15-23(32)11-13-26(21)37-18-19-6-2-1-3-7-19/h1-17H,18H2. The Kier molecular flexibility index (Phi) is 6.54. The van der Waals surface area contributed by atoms with Gasteiger partial charge in [0.2, 0.25) is 5.82 Å². The van der Waals surface area contributed by atoms with E-state index in [-0.39, 0.29) is 11.4 Å². The van der Waals surface area contributed by atoms with Crippen LogP contribution in [0.25, 0.3) is 33.5 Å². The number of hydrogen-bond acceptors (Lipinski definition) is 5. The molecule has 6 nitrogen and oxygen atoms in total. The third kappa shape index (κ3) is 4.86. The number of ether oxygens (including phenoxy) is 1. The van der Waals surface area contributed by atoms with E-state index in [4.69, 9.17) is 25.7 Å². The van der Waals surface area contributed by atoms with Crippen LogP contribution < -0.4 is 10.3 Å². The number of aromatic nitrogens is 2. The van der Waals surface area contributed by atoms with Crippen molar-refractivity contribution in [3.05, 3.63) is 128 Å². The zero-order chi connectivity index (χ0) is 26.1. The van der Waals surface area contributed by atoms with E-state index in [1.165, 1.54) is 4.68 Å². The lowest BCUT2D eigenvalue weighted by Gasteiger charge is -2.10. The Morgan fingerprint density at radius 2 is 1.79 bits per heavy atom. The molecule has 0 aliphatic carbocycles. The van der Waals surface area contributed by atoms with Gasteiger partial charge in [-0.2, -0.15) is 9.78 Å². The van der Waals surface area contributed by atoms with Crippen LogP contribution in [-0.4, -0.2) is 15.9 Å². The van der Waals surface area contributed by atoms with Gasteiger partial charge in [0, 0.05) is 20.4 Å². The highest BCUT2D eigenvalue weighted by molar-refractivity contribution is 9.10. The number of rotatable bonds is 6. The van der Waals surface area contributed by atoms with Gasteiger partial charge < -0.3 is 9.15 Å². The quantitative estimate of drug-likeness (QED) is 0.188. The van der Waals surface area contributed by atoms with E-state index >= 15 is 0 Å². The Bertz CT molecular complexity index is 1880. The van der Waals surface area contributed by atoms with E-state index in [0.29, 0.717) is 45.2 Å². The number of nitrogens with zero attached hydrogens (tertiary/aromatic N) is 3. The van der Waals surface area contributed by atoms with Crippen molar-refractivity contribution < 1.29 is 9.15 Å². The molecule has 4 aromatic carbocycles. The Morgan fingerprint density at radius 1 is 0.974 bits per heavy atom. The van der Waals surface area contributed by atoms with Gasteiger partial charge in [-0.05, 0) is 60.2 Å². The summed E-state index contributed by atoms with van der Waals surface area (Å²) in [6.07, 6.45) is 1.55. The Labute approximate surface area is 230 Å². The number of fused-ring (bicyclic) bond motifs is 2. The van der Waals surface area contributed by atoms with E-state index < -0.39 is 0 Å². The summed E-state index contributed by atoms with van der Waals surface area (Å²) in [6, 6.07) is 29.8. The van der Waals surface area contributed by atoms with Gasteiger partial charge in [0.1, 0.15) is 17.9 Å². The molecule has 0 N–H and O–H groups in total. The largest absolute Gasteiger partial charge is 0.488 e. The SMILES string of the molecule is O=c1c2ccccc2nc(-c2cc3cc(Br)ccc3o2)n1N=Cc1cc(Cl)ccc1OCc1ccccc1. The van der Waals surface area contributed by atoms with E-state index in [0.717, 1.165) is 15.4 Å². The minimum Gasteiger partial charge on any atom is -0.488 e. The minimum atomic E-state index is -0.322. The molecule has 186 valence electrons. The van der Waals surface area contributed by atoms with Crippen molar-refractivity contribution in [2.24, 2.45) is 5.10 Å². The molecule has 38 heavy (non-hydrogen) atoms. The third-order valence-corrected chi connectivity index (χ3v) is 6.70. The summed E-state index contributed by atoms with van der Waals surface area (Å²) in [6.45, 7) is 0.376. The Hall–Kier alpha value is -4.20. The van der Waals surface area contributed by atoms with Gasteiger partial charge in [-0.3, -0.25) is 4.79 Å². The van der Waals surface area contributed by atoms with E-state index in [2.05, 4.69) is 21.0 Å². The monoisotopic (exact) mass is 583 g/mol. The van der Waals surface area contributed by atoms with Crippen molar-refractivity contribution >= 4 is 55.6 Å². The van der Waals surface area contributed by atoms with Crippen LogP contribution in [0, 0.1) is 0 Å². The van der Waals surface area contributed by atoms with Crippen LogP contribution in [0.2, 0.25) is 5.02 Å². The van der Waals surface area contributed by atoms with Gasteiger partial charge in [0.05, 0.1) is 17.1 Å². The Morgan fingerprint density at radius 3 is 2.66 bits per heavy atom. The normalized spacial score (nSPS) is 11.5. The molecular weight excluding hydrogens is 566 g/mol. The highest BCUT2D eigenvalue weighted by atomic mass is 79.9. The number of furan rings is 1. The molecule has 2 heterocycles. The molecule has 0 unspecified atom stereocenters. The summed E-state index contributed by atoms with van der Waals surface area (Å²) in [5.41, 5.74) is 2.55. The second-order valence-corrected chi connectivity index (χ2v) is 9.92. The van der Waals surface area contributed by atoms with Gasteiger partial charge in [0.15, 0.2) is 5.76 Å². The van der Waals surface area contributed by atoms with Crippen molar-refractivity contribution in [2.75, 3.05) is 0 Å². The summed E-state index contributed by atoms with van der Waals surface area (Å²) < 4.78 is 14.3. The van der Waals surface area contributed by atoms with Crippen molar-refractivity contribution in [1.82, 2.24) is 9.66 Å². The van der Waals surface area contributed by atoms with Gasteiger partial charge in [0.25, 0.3) is 5.56 Å². The van der Waals surface area contributed by atoms with E-state index in [1.807, 2.05) is 60.7 Å².